The Balaban J connectivity index is 1.35. The maximum atomic E-state index is 12.7. The van der Waals surface area contributed by atoms with E-state index in [1.807, 2.05) is 47.4 Å². The first-order valence-corrected chi connectivity index (χ1v) is 8.76. The van der Waals surface area contributed by atoms with E-state index in [1.165, 1.54) is 0 Å². The summed E-state index contributed by atoms with van der Waals surface area (Å²) in [5.74, 6) is 1.71. The lowest BCUT2D eigenvalue weighted by atomic mass is 10.1. The van der Waals surface area contributed by atoms with Gasteiger partial charge in [0.05, 0.1) is 24.5 Å². The van der Waals surface area contributed by atoms with Crippen molar-refractivity contribution in [2.75, 3.05) is 20.2 Å². The molecule has 0 atom stereocenters. The molecular weight excluding hydrogens is 330 g/mol. The second kappa shape index (κ2) is 7.07. The van der Waals surface area contributed by atoms with Crippen LogP contribution in [0.15, 0.2) is 48.8 Å². The molecule has 134 valence electrons. The summed E-state index contributed by atoms with van der Waals surface area (Å²) < 4.78 is 11.2. The number of benzene rings is 2. The lowest BCUT2D eigenvalue weighted by Crippen LogP contribution is -2.41. The van der Waals surface area contributed by atoms with Gasteiger partial charge >= 0.3 is 0 Å². The second-order valence-electron chi connectivity index (χ2n) is 6.42. The summed E-state index contributed by atoms with van der Waals surface area (Å²) in [6.07, 6.45) is 3.41. The zero-order valence-corrected chi connectivity index (χ0v) is 14.6. The molecule has 1 aliphatic heterocycles. The number of nitrogens with one attached hydrogen (secondary N) is 1. The van der Waals surface area contributed by atoms with E-state index >= 15 is 0 Å². The van der Waals surface area contributed by atoms with E-state index in [2.05, 4.69) is 9.97 Å². The van der Waals surface area contributed by atoms with Gasteiger partial charge < -0.3 is 19.4 Å². The van der Waals surface area contributed by atoms with E-state index in [0.717, 1.165) is 35.4 Å². The van der Waals surface area contributed by atoms with E-state index in [4.69, 9.17) is 9.47 Å². The molecular formula is C20H21N3O3. The van der Waals surface area contributed by atoms with Crippen molar-refractivity contribution in [3.8, 4) is 11.5 Å². The van der Waals surface area contributed by atoms with Crippen LogP contribution in [0, 0.1) is 0 Å². The summed E-state index contributed by atoms with van der Waals surface area (Å²) in [5.41, 5.74) is 2.44. The van der Waals surface area contributed by atoms with Gasteiger partial charge in [-0.1, -0.05) is 0 Å². The number of rotatable bonds is 4. The van der Waals surface area contributed by atoms with Crippen molar-refractivity contribution in [1.82, 2.24) is 14.9 Å². The van der Waals surface area contributed by atoms with Crippen LogP contribution in [-0.2, 0) is 0 Å². The third kappa shape index (κ3) is 3.35. The Morgan fingerprint density at radius 2 is 1.85 bits per heavy atom. The zero-order chi connectivity index (χ0) is 17.9. The molecule has 2 aromatic carbocycles. The third-order valence-corrected chi connectivity index (χ3v) is 4.76. The van der Waals surface area contributed by atoms with Crippen LogP contribution in [-0.4, -0.2) is 47.1 Å². The van der Waals surface area contributed by atoms with Crippen LogP contribution >= 0.6 is 0 Å². The highest BCUT2D eigenvalue weighted by molar-refractivity contribution is 5.97. The molecule has 0 aliphatic carbocycles. The number of imidazole rings is 1. The summed E-state index contributed by atoms with van der Waals surface area (Å²) in [7, 11) is 1.65. The topological polar surface area (TPSA) is 67.5 Å². The molecule has 0 unspecified atom stereocenters. The molecule has 0 bridgehead atoms. The zero-order valence-electron chi connectivity index (χ0n) is 14.6. The quantitative estimate of drug-likeness (QED) is 0.783. The minimum atomic E-state index is 0.0596. The molecule has 6 heteroatoms. The highest BCUT2D eigenvalue weighted by atomic mass is 16.5. The third-order valence-electron chi connectivity index (χ3n) is 4.76. The van der Waals surface area contributed by atoms with Gasteiger partial charge in [-0.25, -0.2) is 4.98 Å². The monoisotopic (exact) mass is 351 g/mol. The second-order valence-corrected chi connectivity index (χ2v) is 6.42. The number of amides is 1. The van der Waals surface area contributed by atoms with Crippen molar-refractivity contribution in [2.45, 2.75) is 18.9 Å². The molecule has 0 spiro atoms. The Kier molecular flexibility index (Phi) is 4.48. The summed E-state index contributed by atoms with van der Waals surface area (Å²) in [4.78, 5) is 21.9. The van der Waals surface area contributed by atoms with Gasteiger partial charge in [-0.3, -0.25) is 4.79 Å². The average Bonchev–Trinajstić information content (AvgIpc) is 3.16. The molecule has 0 radical (unpaired) electrons. The molecule has 1 N–H and O–H groups in total. The van der Waals surface area contributed by atoms with Gasteiger partial charge in [-0.15, -0.1) is 0 Å². The average molecular weight is 351 g/mol. The number of ether oxygens (including phenoxy) is 2. The number of aromatic amines is 1. The van der Waals surface area contributed by atoms with E-state index < -0.39 is 0 Å². The molecule has 26 heavy (non-hydrogen) atoms. The van der Waals surface area contributed by atoms with Gasteiger partial charge in [0.2, 0.25) is 0 Å². The minimum Gasteiger partial charge on any atom is -0.497 e. The van der Waals surface area contributed by atoms with Crippen molar-refractivity contribution >= 4 is 16.9 Å². The number of carbonyl (C=O) groups excluding carboxylic acids is 1. The molecule has 6 nitrogen and oxygen atoms in total. The van der Waals surface area contributed by atoms with Gasteiger partial charge in [0.25, 0.3) is 5.91 Å². The Morgan fingerprint density at radius 3 is 2.58 bits per heavy atom. The fourth-order valence-electron chi connectivity index (χ4n) is 3.27. The SMILES string of the molecule is COc1ccc(OC2CCN(C(=O)c3ccc4nc[nH]c4c3)CC2)cc1. The number of H-pyrrole nitrogens is 1. The van der Waals surface area contributed by atoms with Gasteiger partial charge in [0, 0.05) is 31.5 Å². The van der Waals surface area contributed by atoms with Gasteiger partial charge in [-0.05, 0) is 42.5 Å². The number of likely N-dealkylation sites (tertiary alicyclic amines) is 1. The summed E-state index contributed by atoms with van der Waals surface area (Å²) in [5, 5.41) is 0. The lowest BCUT2D eigenvalue weighted by molar-refractivity contribution is 0.0595. The number of fused-ring (bicyclic) bond motifs is 1. The molecule has 1 aromatic heterocycles. The number of carbonyl (C=O) groups is 1. The summed E-state index contributed by atoms with van der Waals surface area (Å²) in [6, 6.07) is 13.2. The summed E-state index contributed by atoms with van der Waals surface area (Å²) in [6.45, 7) is 1.39. The summed E-state index contributed by atoms with van der Waals surface area (Å²) >= 11 is 0. The van der Waals surface area contributed by atoms with Crippen LogP contribution in [0.5, 0.6) is 11.5 Å². The number of methoxy groups -OCH3 is 1. The molecule has 2 heterocycles. The number of hydrogen-bond donors (Lipinski definition) is 1. The van der Waals surface area contributed by atoms with Crippen LogP contribution in [0.4, 0.5) is 0 Å². The van der Waals surface area contributed by atoms with Crippen molar-refractivity contribution in [3.05, 3.63) is 54.4 Å². The lowest BCUT2D eigenvalue weighted by Gasteiger charge is -2.32. The Hall–Kier alpha value is -3.02. The smallest absolute Gasteiger partial charge is 0.253 e. The number of nitrogens with zero attached hydrogens (tertiary/aromatic N) is 2. The predicted octanol–water partition coefficient (Wildman–Crippen LogP) is 3.26. The Morgan fingerprint density at radius 1 is 1.12 bits per heavy atom. The molecule has 1 amide bonds. The van der Waals surface area contributed by atoms with E-state index in [9.17, 15) is 4.79 Å². The Labute approximate surface area is 151 Å². The van der Waals surface area contributed by atoms with Crippen LogP contribution in [0.3, 0.4) is 0 Å². The van der Waals surface area contributed by atoms with Crippen molar-refractivity contribution in [1.29, 1.82) is 0 Å². The first-order chi connectivity index (χ1) is 12.7. The number of hydrogen-bond acceptors (Lipinski definition) is 4. The molecule has 1 saturated heterocycles. The minimum absolute atomic E-state index is 0.0596. The van der Waals surface area contributed by atoms with Crippen LogP contribution in [0.2, 0.25) is 0 Å². The van der Waals surface area contributed by atoms with Gasteiger partial charge in [0.15, 0.2) is 0 Å². The fraction of sp³-hybridized carbons (Fsp3) is 0.300. The first-order valence-electron chi connectivity index (χ1n) is 8.76. The largest absolute Gasteiger partial charge is 0.497 e. The fourth-order valence-corrected chi connectivity index (χ4v) is 3.27. The molecule has 3 aromatic rings. The molecule has 0 saturated carbocycles. The van der Waals surface area contributed by atoms with E-state index in [1.54, 1.807) is 13.4 Å². The van der Waals surface area contributed by atoms with E-state index in [-0.39, 0.29) is 12.0 Å². The normalized spacial score (nSPS) is 15.2. The molecule has 4 rings (SSSR count). The van der Waals surface area contributed by atoms with Gasteiger partial charge in [-0.2, -0.15) is 0 Å². The van der Waals surface area contributed by atoms with Gasteiger partial charge in [0.1, 0.15) is 17.6 Å². The highest BCUT2D eigenvalue weighted by Crippen LogP contribution is 2.23. The molecule has 1 fully saturated rings. The van der Waals surface area contributed by atoms with Crippen LogP contribution in [0.1, 0.15) is 23.2 Å². The number of piperidine rings is 1. The number of aromatic nitrogens is 2. The van der Waals surface area contributed by atoms with Crippen molar-refractivity contribution in [3.63, 3.8) is 0 Å². The predicted molar refractivity (Wildman–Crippen MR) is 98.6 cm³/mol. The highest BCUT2D eigenvalue weighted by Gasteiger charge is 2.25. The maximum Gasteiger partial charge on any atom is 0.253 e. The first kappa shape index (κ1) is 16.4. The standard InChI is InChI=1S/C20H21N3O3/c1-25-15-3-5-16(6-4-15)26-17-8-10-23(11-9-17)20(24)14-2-7-18-19(12-14)22-13-21-18/h2-7,12-13,17H,8-11H2,1H3,(H,21,22). The van der Waals surface area contributed by atoms with Crippen molar-refractivity contribution < 1.29 is 14.3 Å². The van der Waals surface area contributed by atoms with Crippen LogP contribution in [0.25, 0.3) is 11.0 Å². The van der Waals surface area contributed by atoms with Crippen LogP contribution < -0.4 is 9.47 Å². The molecule has 1 aliphatic rings. The maximum absolute atomic E-state index is 12.7. The Bertz CT molecular complexity index is 896. The van der Waals surface area contributed by atoms with Crippen molar-refractivity contribution in [2.24, 2.45) is 0 Å². The van der Waals surface area contributed by atoms with E-state index in [0.29, 0.717) is 18.7 Å².